The highest BCUT2D eigenvalue weighted by molar-refractivity contribution is 6.33. The predicted molar refractivity (Wildman–Crippen MR) is 62.2 cm³/mol. The van der Waals surface area contributed by atoms with Crippen LogP contribution in [0.5, 0.6) is 0 Å². The zero-order valence-electron chi connectivity index (χ0n) is 8.53. The number of para-hydroxylation sites is 1. The first-order valence-electron chi connectivity index (χ1n) is 4.62. The molecule has 2 amide bonds. The first kappa shape index (κ1) is 11.8. The monoisotopic (exact) mass is 227 g/mol. The van der Waals surface area contributed by atoms with E-state index in [0.717, 1.165) is 0 Å². The van der Waals surface area contributed by atoms with E-state index in [1.807, 2.05) is 12.1 Å². The molecule has 0 atom stereocenters. The summed E-state index contributed by atoms with van der Waals surface area (Å²) in [6.45, 7) is 0.947. The molecule has 1 aromatic carbocycles. The minimum atomic E-state index is -0.214. The number of nitrogens with two attached hydrogens (primary N) is 1. The molecule has 0 aliphatic heterocycles. The number of carbonyl (C=O) groups excluding carboxylic acids is 1. The number of carbonyl (C=O) groups is 1. The predicted octanol–water partition coefficient (Wildman–Crippen LogP) is 1.76. The lowest BCUT2D eigenvalue weighted by Gasteiger charge is -2.17. The van der Waals surface area contributed by atoms with Gasteiger partial charge in [-0.3, -0.25) is 0 Å². The smallest absolute Gasteiger partial charge is 0.321 e. The zero-order valence-corrected chi connectivity index (χ0v) is 9.29. The first-order valence-corrected chi connectivity index (χ1v) is 4.99. The molecule has 0 saturated heterocycles. The van der Waals surface area contributed by atoms with Gasteiger partial charge in [-0.15, -0.1) is 0 Å². The Morgan fingerprint density at radius 2 is 2.20 bits per heavy atom. The molecule has 0 fully saturated rings. The largest absolute Gasteiger partial charge is 0.329 e. The molecule has 0 heterocycles. The van der Waals surface area contributed by atoms with Crippen LogP contribution in [0.3, 0.4) is 0 Å². The van der Waals surface area contributed by atoms with Gasteiger partial charge < -0.3 is 16.0 Å². The molecule has 3 N–H and O–H groups in total. The quantitative estimate of drug-likeness (QED) is 0.827. The molecular formula is C10H14ClN3O. The van der Waals surface area contributed by atoms with E-state index >= 15 is 0 Å². The number of halogens is 1. The van der Waals surface area contributed by atoms with Crippen molar-refractivity contribution in [2.24, 2.45) is 5.73 Å². The Bertz CT molecular complexity index is 343. The van der Waals surface area contributed by atoms with Crippen molar-refractivity contribution >= 4 is 23.3 Å². The summed E-state index contributed by atoms with van der Waals surface area (Å²) >= 11 is 5.89. The van der Waals surface area contributed by atoms with Crippen molar-refractivity contribution in [3.05, 3.63) is 29.3 Å². The van der Waals surface area contributed by atoms with Crippen LogP contribution in [0.15, 0.2) is 24.3 Å². The topological polar surface area (TPSA) is 58.4 Å². The van der Waals surface area contributed by atoms with E-state index in [9.17, 15) is 4.79 Å². The standard InChI is InChI=1S/C10H14ClN3O/c1-14(7-6-12)10(15)13-9-5-3-2-4-8(9)11/h2-5H,6-7,12H2,1H3,(H,13,15). The molecule has 1 aromatic rings. The Morgan fingerprint density at radius 1 is 1.53 bits per heavy atom. The van der Waals surface area contributed by atoms with Crippen molar-refractivity contribution in [1.29, 1.82) is 0 Å². The van der Waals surface area contributed by atoms with Gasteiger partial charge in [-0.25, -0.2) is 4.79 Å². The molecule has 5 heteroatoms. The second-order valence-corrected chi connectivity index (χ2v) is 3.53. The molecule has 15 heavy (non-hydrogen) atoms. The first-order chi connectivity index (χ1) is 7.15. The molecule has 0 aliphatic carbocycles. The van der Waals surface area contributed by atoms with Gasteiger partial charge in [0.1, 0.15) is 0 Å². The van der Waals surface area contributed by atoms with Gasteiger partial charge in [-0.2, -0.15) is 0 Å². The van der Waals surface area contributed by atoms with E-state index in [-0.39, 0.29) is 6.03 Å². The van der Waals surface area contributed by atoms with E-state index < -0.39 is 0 Å². The van der Waals surface area contributed by atoms with Gasteiger partial charge in [-0.05, 0) is 12.1 Å². The third kappa shape index (κ3) is 3.42. The average Bonchev–Trinajstić information content (AvgIpc) is 2.21. The maximum absolute atomic E-state index is 11.6. The normalized spacial score (nSPS) is 9.80. The summed E-state index contributed by atoms with van der Waals surface area (Å²) in [7, 11) is 1.68. The molecule has 0 aliphatic rings. The summed E-state index contributed by atoms with van der Waals surface area (Å²) in [6, 6.07) is 6.87. The average molecular weight is 228 g/mol. The number of anilines is 1. The third-order valence-electron chi connectivity index (χ3n) is 1.93. The number of urea groups is 1. The molecule has 0 saturated carbocycles. The van der Waals surface area contributed by atoms with Crippen molar-refractivity contribution in [1.82, 2.24) is 4.90 Å². The van der Waals surface area contributed by atoms with Gasteiger partial charge in [0, 0.05) is 20.1 Å². The Kier molecular flexibility index (Phi) is 4.39. The maximum atomic E-state index is 11.6. The molecule has 0 aromatic heterocycles. The van der Waals surface area contributed by atoms with E-state index in [1.54, 1.807) is 19.2 Å². The van der Waals surface area contributed by atoms with E-state index in [1.165, 1.54) is 4.90 Å². The molecule has 0 spiro atoms. The van der Waals surface area contributed by atoms with Crippen LogP contribution in [0.25, 0.3) is 0 Å². The fourth-order valence-electron chi connectivity index (χ4n) is 1.07. The zero-order chi connectivity index (χ0) is 11.3. The van der Waals surface area contributed by atoms with Gasteiger partial charge in [-0.1, -0.05) is 23.7 Å². The molecule has 0 radical (unpaired) electrons. The number of hydrogen-bond donors (Lipinski definition) is 2. The fraction of sp³-hybridized carbons (Fsp3) is 0.300. The minimum absolute atomic E-state index is 0.214. The number of hydrogen-bond acceptors (Lipinski definition) is 2. The van der Waals surface area contributed by atoms with E-state index in [0.29, 0.717) is 23.8 Å². The van der Waals surface area contributed by atoms with Crippen LogP contribution in [-0.2, 0) is 0 Å². The van der Waals surface area contributed by atoms with Crippen LogP contribution in [0.4, 0.5) is 10.5 Å². The number of rotatable bonds is 3. The molecule has 4 nitrogen and oxygen atoms in total. The minimum Gasteiger partial charge on any atom is -0.329 e. The summed E-state index contributed by atoms with van der Waals surface area (Å²) in [5.41, 5.74) is 5.95. The highest BCUT2D eigenvalue weighted by atomic mass is 35.5. The molecule has 0 unspecified atom stereocenters. The highest BCUT2D eigenvalue weighted by Crippen LogP contribution is 2.20. The van der Waals surface area contributed by atoms with Crippen molar-refractivity contribution in [2.45, 2.75) is 0 Å². The van der Waals surface area contributed by atoms with E-state index in [4.69, 9.17) is 17.3 Å². The van der Waals surface area contributed by atoms with Crippen LogP contribution in [0.2, 0.25) is 5.02 Å². The number of nitrogens with zero attached hydrogens (tertiary/aromatic N) is 1. The Balaban J connectivity index is 2.62. The fourth-order valence-corrected chi connectivity index (χ4v) is 1.25. The van der Waals surface area contributed by atoms with Crippen LogP contribution in [0.1, 0.15) is 0 Å². The van der Waals surface area contributed by atoms with Gasteiger partial charge >= 0.3 is 6.03 Å². The molecule has 1 rings (SSSR count). The summed E-state index contributed by atoms with van der Waals surface area (Å²) < 4.78 is 0. The summed E-state index contributed by atoms with van der Waals surface area (Å²) in [5.74, 6) is 0. The van der Waals surface area contributed by atoms with Crippen LogP contribution < -0.4 is 11.1 Å². The van der Waals surface area contributed by atoms with Crippen LogP contribution >= 0.6 is 11.6 Å². The van der Waals surface area contributed by atoms with Crippen molar-refractivity contribution in [2.75, 3.05) is 25.5 Å². The summed E-state index contributed by atoms with van der Waals surface area (Å²) in [4.78, 5) is 13.1. The number of amides is 2. The van der Waals surface area contributed by atoms with Gasteiger partial charge in [0.2, 0.25) is 0 Å². The van der Waals surface area contributed by atoms with Crippen LogP contribution in [0, 0.1) is 0 Å². The van der Waals surface area contributed by atoms with Crippen molar-refractivity contribution < 1.29 is 4.79 Å². The maximum Gasteiger partial charge on any atom is 0.321 e. The van der Waals surface area contributed by atoms with Crippen molar-refractivity contribution in [3.63, 3.8) is 0 Å². The molecule has 0 bridgehead atoms. The summed E-state index contributed by atoms with van der Waals surface area (Å²) in [6.07, 6.45) is 0. The summed E-state index contributed by atoms with van der Waals surface area (Å²) in [5, 5.41) is 3.21. The van der Waals surface area contributed by atoms with Crippen molar-refractivity contribution in [3.8, 4) is 0 Å². The van der Waals surface area contributed by atoms with Gasteiger partial charge in [0.15, 0.2) is 0 Å². The lowest BCUT2D eigenvalue weighted by Crippen LogP contribution is -2.35. The molecular weight excluding hydrogens is 214 g/mol. The number of likely N-dealkylation sites (N-methyl/N-ethyl adjacent to an activating group) is 1. The molecule has 82 valence electrons. The Labute approximate surface area is 94.0 Å². The number of nitrogens with one attached hydrogen (secondary N) is 1. The lowest BCUT2D eigenvalue weighted by molar-refractivity contribution is 0.223. The second kappa shape index (κ2) is 5.58. The Hall–Kier alpha value is -1.26. The third-order valence-corrected chi connectivity index (χ3v) is 2.26. The van der Waals surface area contributed by atoms with Gasteiger partial charge in [0.05, 0.1) is 10.7 Å². The Morgan fingerprint density at radius 3 is 2.80 bits per heavy atom. The number of benzene rings is 1. The van der Waals surface area contributed by atoms with Gasteiger partial charge in [0.25, 0.3) is 0 Å². The highest BCUT2D eigenvalue weighted by Gasteiger charge is 2.08. The SMILES string of the molecule is CN(CCN)C(=O)Nc1ccccc1Cl. The van der Waals surface area contributed by atoms with Crippen LogP contribution in [-0.4, -0.2) is 31.1 Å². The lowest BCUT2D eigenvalue weighted by atomic mass is 10.3. The second-order valence-electron chi connectivity index (χ2n) is 3.12. The van der Waals surface area contributed by atoms with E-state index in [2.05, 4.69) is 5.32 Å².